The molecule has 5 heteroatoms. The number of pyridine rings is 1. The van der Waals surface area contributed by atoms with Gasteiger partial charge in [-0.25, -0.2) is 0 Å². The minimum Gasteiger partial charge on any atom is -0.292 e. The second-order valence-electron chi connectivity index (χ2n) is 6.23. The third-order valence-electron chi connectivity index (χ3n) is 4.59. The van der Waals surface area contributed by atoms with Crippen molar-refractivity contribution in [1.82, 2.24) is 9.88 Å². The maximum atomic E-state index is 12.9. The van der Waals surface area contributed by atoms with Crippen LogP contribution in [0.1, 0.15) is 57.6 Å². The number of carbonyl (C=O) groups is 1. The number of rotatable bonds is 5. The van der Waals surface area contributed by atoms with E-state index in [2.05, 4.69) is 27.8 Å². The molecule has 0 N–H and O–H groups in total. The molecule has 22 heavy (non-hydrogen) atoms. The largest absolute Gasteiger partial charge is 0.292 e. The summed E-state index contributed by atoms with van der Waals surface area (Å²) in [4.78, 5) is 24.1. The zero-order valence-electron chi connectivity index (χ0n) is 13.0. The first-order chi connectivity index (χ1) is 10.6. The van der Waals surface area contributed by atoms with E-state index in [1.807, 2.05) is 17.0 Å². The van der Waals surface area contributed by atoms with Gasteiger partial charge in [0.25, 0.3) is 5.91 Å². The molecule has 4 nitrogen and oxygen atoms in total. The SMILES string of the molecule is CCCCC1=NC2(CCCC2)C(=O)N1Cc1ccc(Br)cn1. The van der Waals surface area contributed by atoms with Crippen LogP contribution in [-0.4, -0.2) is 27.2 Å². The van der Waals surface area contributed by atoms with Gasteiger partial charge in [0.05, 0.1) is 12.2 Å². The number of halogens is 1. The fraction of sp³-hybridized carbons (Fsp3) is 0.588. The minimum absolute atomic E-state index is 0.195. The van der Waals surface area contributed by atoms with E-state index in [9.17, 15) is 4.79 Å². The van der Waals surface area contributed by atoms with E-state index in [0.717, 1.165) is 60.9 Å². The molecular formula is C17H22BrN3O. The number of amidine groups is 1. The number of unbranched alkanes of at least 4 members (excludes halogenated alkanes) is 1. The Morgan fingerprint density at radius 3 is 2.73 bits per heavy atom. The summed E-state index contributed by atoms with van der Waals surface area (Å²) in [6.07, 6.45) is 8.90. The lowest BCUT2D eigenvalue weighted by atomic mass is 9.98. The van der Waals surface area contributed by atoms with Crippen LogP contribution in [0.2, 0.25) is 0 Å². The van der Waals surface area contributed by atoms with Crippen LogP contribution in [0, 0.1) is 0 Å². The molecule has 0 unspecified atom stereocenters. The van der Waals surface area contributed by atoms with Crippen molar-refractivity contribution in [2.45, 2.75) is 64.0 Å². The lowest BCUT2D eigenvalue weighted by Gasteiger charge is -2.22. The molecule has 0 radical (unpaired) electrons. The van der Waals surface area contributed by atoms with Gasteiger partial charge in [0.2, 0.25) is 0 Å². The van der Waals surface area contributed by atoms with Crippen LogP contribution < -0.4 is 0 Å². The topological polar surface area (TPSA) is 45.6 Å². The van der Waals surface area contributed by atoms with Crippen LogP contribution in [0.15, 0.2) is 27.8 Å². The summed E-state index contributed by atoms with van der Waals surface area (Å²) < 4.78 is 0.955. The number of carbonyl (C=O) groups excluding carboxylic acids is 1. The van der Waals surface area contributed by atoms with Gasteiger partial charge in [0.1, 0.15) is 11.4 Å². The third-order valence-corrected chi connectivity index (χ3v) is 5.06. The average molecular weight is 364 g/mol. The molecule has 1 amide bonds. The molecule has 1 spiro atoms. The van der Waals surface area contributed by atoms with E-state index < -0.39 is 5.54 Å². The zero-order valence-corrected chi connectivity index (χ0v) is 14.6. The maximum absolute atomic E-state index is 12.9. The summed E-state index contributed by atoms with van der Waals surface area (Å²) in [6, 6.07) is 3.94. The molecule has 0 aromatic carbocycles. The highest BCUT2D eigenvalue weighted by molar-refractivity contribution is 9.10. The highest BCUT2D eigenvalue weighted by atomic mass is 79.9. The molecule has 1 aliphatic heterocycles. The van der Waals surface area contributed by atoms with Gasteiger partial charge in [-0.3, -0.25) is 19.7 Å². The molecule has 0 atom stereocenters. The van der Waals surface area contributed by atoms with Crippen LogP contribution in [0.4, 0.5) is 0 Å². The van der Waals surface area contributed by atoms with Crippen LogP contribution in [0.3, 0.4) is 0 Å². The van der Waals surface area contributed by atoms with Gasteiger partial charge in [-0.05, 0) is 47.3 Å². The van der Waals surface area contributed by atoms with E-state index in [1.165, 1.54) is 0 Å². The number of aliphatic imine (C=N–C) groups is 1. The fourth-order valence-electron chi connectivity index (χ4n) is 3.36. The Morgan fingerprint density at radius 2 is 2.09 bits per heavy atom. The van der Waals surface area contributed by atoms with E-state index in [0.29, 0.717) is 6.54 Å². The first-order valence-electron chi connectivity index (χ1n) is 8.16. The molecule has 1 aromatic rings. The Bertz CT molecular complexity index is 576. The van der Waals surface area contributed by atoms with Crippen LogP contribution >= 0.6 is 15.9 Å². The van der Waals surface area contributed by atoms with Gasteiger partial charge >= 0.3 is 0 Å². The fourth-order valence-corrected chi connectivity index (χ4v) is 3.59. The standard InChI is InChI=1S/C17H22BrN3O/c1-2-3-6-15-20-17(9-4-5-10-17)16(22)21(15)12-14-8-7-13(18)11-19-14/h7-8,11H,2-6,9-10,12H2,1H3. The summed E-state index contributed by atoms with van der Waals surface area (Å²) in [5.41, 5.74) is 0.467. The first kappa shape index (κ1) is 15.7. The number of aromatic nitrogens is 1. The minimum atomic E-state index is -0.446. The van der Waals surface area contributed by atoms with Gasteiger partial charge < -0.3 is 0 Å². The van der Waals surface area contributed by atoms with Crippen molar-refractivity contribution in [3.05, 3.63) is 28.5 Å². The molecule has 2 aliphatic rings. The second-order valence-corrected chi connectivity index (χ2v) is 7.15. The zero-order chi connectivity index (χ0) is 15.6. The Hall–Kier alpha value is -1.23. The predicted molar refractivity (Wildman–Crippen MR) is 90.6 cm³/mol. The number of hydrogen-bond donors (Lipinski definition) is 0. The van der Waals surface area contributed by atoms with Crippen LogP contribution in [0.5, 0.6) is 0 Å². The van der Waals surface area contributed by atoms with Crippen molar-refractivity contribution in [2.75, 3.05) is 0 Å². The molecule has 3 rings (SSSR count). The Morgan fingerprint density at radius 1 is 1.32 bits per heavy atom. The van der Waals surface area contributed by atoms with Crippen molar-refractivity contribution in [2.24, 2.45) is 4.99 Å². The highest BCUT2D eigenvalue weighted by Gasteiger charge is 2.49. The van der Waals surface area contributed by atoms with E-state index in [4.69, 9.17) is 4.99 Å². The molecule has 1 aromatic heterocycles. The van der Waals surface area contributed by atoms with Crippen LogP contribution in [-0.2, 0) is 11.3 Å². The van der Waals surface area contributed by atoms with Crippen molar-refractivity contribution >= 4 is 27.7 Å². The van der Waals surface area contributed by atoms with Crippen molar-refractivity contribution in [1.29, 1.82) is 0 Å². The monoisotopic (exact) mass is 363 g/mol. The summed E-state index contributed by atoms with van der Waals surface area (Å²) in [7, 11) is 0. The summed E-state index contributed by atoms with van der Waals surface area (Å²) in [6.45, 7) is 2.71. The highest BCUT2D eigenvalue weighted by Crippen LogP contribution is 2.40. The van der Waals surface area contributed by atoms with Gasteiger partial charge in [-0.1, -0.05) is 26.2 Å². The maximum Gasteiger partial charge on any atom is 0.256 e. The molecule has 1 fully saturated rings. The summed E-state index contributed by atoms with van der Waals surface area (Å²) in [5, 5.41) is 0. The molecule has 1 saturated carbocycles. The predicted octanol–water partition coefficient (Wildman–Crippen LogP) is 4.09. The Balaban J connectivity index is 1.82. The first-order valence-corrected chi connectivity index (χ1v) is 8.95. The van der Waals surface area contributed by atoms with Crippen molar-refractivity contribution < 1.29 is 4.79 Å². The van der Waals surface area contributed by atoms with Gasteiger partial charge in [-0.15, -0.1) is 0 Å². The molecule has 1 aliphatic carbocycles. The Labute approximate surface area is 140 Å². The molecule has 0 saturated heterocycles. The molecule has 2 heterocycles. The van der Waals surface area contributed by atoms with E-state index in [1.54, 1.807) is 6.20 Å². The molecule has 0 bridgehead atoms. The average Bonchev–Trinajstić information content (AvgIpc) is 3.09. The number of hydrogen-bond acceptors (Lipinski definition) is 3. The summed E-state index contributed by atoms with van der Waals surface area (Å²) in [5.74, 6) is 1.17. The smallest absolute Gasteiger partial charge is 0.256 e. The molecule has 118 valence electrons. The van der Waals surface area contributed by atoms with Crippen LogP contribution in [0.25, 0.3) is 0 Å². The lowest BCUT2D eigenvalue weighted by Crippen LogP contribution is -2.40. The number of nitrogens with zero attached hydrogens (tertiary/aromatic N) is 3. The normalized spacial score (nSPS) is 20.0. The second kappa shape index (κ2) is 6.49. The lowest BCUT2D eigenvalue weighted by molar-refractivity contribution is -0.131. The number of amides is 1. The Kier molecular flexibility index (Phi) is 4.62. The molecular weight excluding hydrogens is 342 g/mol. The van der Waals surface area contributed by atoms with Crippen molar-refractivity contribution in [3.63, 3.8) is 0 Å². The van der Waals surface area contributed by atoms with E-state index >= 15 is 0 Å². The van der Waals surface area contributed by atoms with Crippen molar-refractivity contribution in [3.8, 4) is 0 Å². The van der Waals surface area contributed by atoms with Gasteiger partial charge in [0, 0.05) is 17.1 Å². The third kappa shape index (κ3) is 2.96. The van der Waals surface area contributed by atoms with Gasteiger partial charge in [-0.2, -0.15) is 0 Å². The van der Waals surface area contributed by atoms with Gasteiger partial charge in [0.15, 0.2) is 0 Å². The van der Waals surface area contributed by atoms with E-state index in [-0.39, 0.29) is 5.91 Å². The quantitative estimate of drug-likeness (QED) is 0.790. The summed E-state index contributed by atoms with van der Waals surface area (Å²) >= 11 is 3.40.